The third-order valence-electron chi connectivity index (χ3n) is 2.64. The molecule has 2 nitrogen and oxygen atoms in total. The molecule has 1 heterocycles. The molecule has 0 aromatic heterocycles. The number of hydrogen-bond acceptors (Lipinski definition) is 2. The van der Waals surface area contributed by atoms with Crippen LogP contribution in [0.3, 0.4) is 0 Å². The van der Waals surface area contributed by atoms with Crippen LogP contribution in [0, 0.1) is 5.92 Å². The first kappa shape index (κ1) is 14.2. The molecule has 86 valence electrons. The predicted octanol–water partition coefficient (Wildman–Crippen LogP) is 2.61. The summed E-state index contributed by atoms with van der Waals surface area (Å²) < 4.78 is 5.64. The average molecular weight is 222 g/mol. The molecule has 0 amide bonds. The molecule has 0 spiro atoms. The smallest absolute Gasteiger partial charge is 0.0506 e. The number of ether oxygens (including phenoxy) is 1. The quantitative estimate of drug-likeness (QED) is 0.697. The van der Waals surface area contributed by atoms with Crippen molar-refractivity contribution in [2.75, 3.05) is 26.3 Å². The highest BCUT2D eigenvalue weighted by atomic mass is 35.5. The van der Waals surface area contributed by atoms with Crippen molar-refractivity contribution in [2.24, 2.45) is 5.92 Å². The summed E-state index contributed by atoms with van der Waals surface area (Å²) in [5.74, 6) is 0.773. The van der Waals surface area contributed by atoms with Gasteiger partial charge in [0.25, 0.3) is 0 Å². The van der Waals surface area contributed by atoms with Gasteiger partial charge in [-0.2, -0.15) is 0 Å². The van der Waals surface area contributed by atoms with Gasteiger partial charge in [-0.15, -0.1) is 12.4 Å². The minimum absolute atomic E-state index is 0. The van der Waals surface area contributed by atoms with Gasteiger partial charge >= 0.3 is 0 Å². The van der Waals surface area contributed by atoms with E-state index >= 15 is 0 Å². The van der Waals surface area contributed by atoms with Crippen molar-refractivity contribution in [1.29, 1.82) is 0 Å². The summed E-state index contributed by atoms with van der Waals surface area (Å²) in [4.78, 5) is 0. The summed E-state index contributed by atoms with van der Waals surface area (Å²) in [6, 6.07) is 0. The maximum absolute atomic E-state index is 5.64. The molecule has 14 heavy (non-hydrogen) atoms. The third kappa shape index (κ3) is 6.63. The maximum Gasteiger partial charge on any atom is 0.0506 e. The second-order valence-corrected chi connectivity index (χ2v) is 3.99. The van der Waals surface area contributed by atoms with Crippen molar-refractivity contribution < 1.29 is 4.74 Å². The molecule has 1 N–H and O–H groups in total. The van der Waals surface area contributed by atoms with Gasteiger partial charge in [0, 0.05) is 13.2 Å². The fourth-order valence-corrected chi connectivity index (χ4v) is 1.77. The summed E-state index contributed by atoms with van der Waals surface area (Å²) >= 11 is 0. The van der Waals surface area contributed by atoms with Gasteiger partial charge in [0.05, 0.1) is 6.61 Å². The van der Waals surface area contributed by atoms with Crippen LogP contribution in [0.1, 0.15) is 39.0 Å². The van der Waals surface area contributed by atoms with Crippen LogP contribution in [0.25, 0.3) is 0 Å². The molecule has 1 saturated heterocycles. The van der Waals surface area contributed by atoms with E-state index in [1.54, 1.807) is 0 Å². The molecule has 1 fully saturated rings. The van der Waals surface area contributed by atoms with Gasteiger partial charge in [-0.1, -0.05) is 19.8 Å². The van der Waals surface area contributed by atoms with Crippen molar-refractivity contribution in [3.05, 3.63) is 0 Å². The SMILES string of the molecule is CCCCCOCC1CCCNC1.Cl. The van der Waals surface area contributed by atoms with Crippen molar-refractivity contribution in [2.45, 2.75) is 39.0 Å². The zero-order valence-electron chi connectivity index (χ0n) is 9.26. The van der Waals surface area contributed by atoms with Gasteiger partial charge in [-0.25, -0.2) is 0 Å². The van der Waals surface area contributed by atoms with E-state index in [4.69, 9.17) is 4.74 Å². The third-order valence-corrected chi connectivity index (χ3v) is 2.64. The Morgan fingerprint density at radius 3 is 2.86 bits per heavy atom. The molecular formula is C11H24ClNO. The van der Waals surface area contributed by atoms with Gasteiger partial charge in [0.15, 0.2) is 0 Å². The van der Waals surface area contributed by atoms with Crippen LogP contribution in [0.4, 0.5) is 0 Å². The fraction of sp³-hybridized carbons (Fsp3) is 1.00. The van der Waals surface area contributed by atoms with Gasteiger partial charge in [0.2, 0.25) is 0 Å². The van der Waals surface area contributed by atoms with Gasteiger partial charge in [0.1, 0.15) is 0 Å². The Kier molecular flexibility index (Phi) is 9.90. The lowest BCUT2D eigenvalue weighted by molar-refractivity contribution is 0.0871. The predicted molar refractivity (Wildman–Crippen MR) is 63.2 cm³/mol. The van der Waals surface area contributed by atoms with E-state index in [0.29, 0.717) is 0 Å². The first-order chi connectivity index (χ1) is 6.43. The molecule has 0 aliphatic carbocycles. The summed E-state index contributed by atoms with van der Waals surface area (Å²) in [6.45, 7) is 6.52. The summed E-state index contributed by atoms with van der Waals surface area (Å²) in [7, 11) is 0. The number of rotatable bonds is 6. The van der Waals surface area contributed by atoms with Crippen LogP contribution in [-0.2, 0) is 4.74 Å². The van der Waals surface area contributed by atoms with Crippen LogP contribution < -0.4 is 5.32 Å². The second-order valence-electron chi connectivity index (χ2n) is 3.99. The molecule has 0 bridgehead atoms. The summed E-state index contributed by atoms with van der Waals surface area (Å²) in [6.07, 6.45) is 6.50. The molecule has 1 aliphatic heterocycles. The van der Waals surface area contributed by atoms with Gasteiger partial charge in [-0.05, 0) is 31.7 Å². The van der Waals surface area contributed by atoms with Crippen LogP contribution >= 0.6 is 12.4 Å². The van der Waals surface area contributed by atoms with Crippen LogP contribution in [0.15, 0.2) is 0 Å². The Morgan fingerprint density at radius 2 is 2.21 bits per heavy atom. The molecule has 0 saturated carbocycles. The van der Waals surface area contributed by atoms with Crippen molar-refractivity contribution in [1.82, 2.24) is 5.32 Å². The standard InChI is InChI=1S/C11H23NO.ClH/c1-2-3-4-8-13-10-11-6-5-7-12-9-11;/h11-12H,2-10H2,1H3;1H. The summed E-state index contributed by atoms with van der Waals surface area (Å²) in [5.41, 5.74) is 0. The first-order valence-electron chi connectivity index (χ1n) is 5.72. The number of hydrogen-bond donors (Lipinski definition) is 1. The number of nitrogens with one attached hydrogen (secondary N) is 1. The van der Waals surface area contributed by atoms with Gasteiger partial charge < -0.3 is 10.1 Å². The lowest BCUT2D eigenvalue weighted by atomic mass is 10.0. The Labute approximate surface area is 94.2 Å². The minimum atomic E-state index is 0. The van der Waals surface area contributed by atoms with Gasteiger partial charge in [-0.3, -0.25) is 0 Å². The monoisotopic (exact) mass is 221 g/mol. The van der Waals surface area contributed by atoms with E-state index in [1.165, 1.54) is 38.6 Å². The lowest BCUT2D eigenvalue weighted by Gasteiger charge is -2.22. The molecule has 0 aromatic carbocycles. The summed E-state index contributed by atoms with van der Waals surface area (Å²) in [5, 5.41) is 3.41. The van der Waals surface area contributed by atoms with E-state index in [1.807, 2.05) is 0 Å². The zero-order valence-corrected chi connectivity index (χ0v) is 10.1. The highest BCUT2D eigenvalue weighted by Crippen LogP contribution is 2.10. The molecule has 0 aromatic rings. The zero-order chi connectivity index (χ0) is 9.36. The second kappa shape index (κ2) is 9.75. The molecule has 1 aliphatic rings. The Bertz CT molecular complexity index is 116. The van der Waals surface area contributed by atoms with E-state index in [0.717, 1.165) is 25.7 Å². The van der Waals surface area contributed by atoms with Crippen LogP contribution in [0.2, 0.25) is 0 Å². The number of piperidine rings is 1. The Morgan fingerprint density at radius 1 is 1.36 bits per heavy atom. The minimum Gasteiger partial charge on any atom is -0.381 e. The van der Waals surface area contributed by atoms with Crippen molar-refractivity contribution in [3.8, 4) is 0 Å². The Balaban J connectivity index is 0.00000169. The van der Waals surface area contributed by atoms with Crippen LogP contribution in [-0.4, -0.2) is 26.3 Å². The number of unbranched alkanes of at least 4 members (excludes halogenated alkanes) is 2. The molecule has 0 radical (unpaired) electrons. The number of halogens is 1. The van der Waals surface area contributed by atoms with Crippen LogP contribution in [0.5, 0.6) is 0 Å². The van der Waals surface area contributed by atoms with E-state index < -0.39 is 0 Å². The lowest BCUT2D eigenvalue weighted by Crippen LogP contribution is -2.32. The van der Waals surface area contributed by atoms with Crippen molar-refractivity contribution in [3.63, 3.8) is 0 Å². The van der Waals surface area contributed by atoms with E-state index in [9.17, 15) is 0 Å². The molecule has 1 unspecified atom stereocenters. The largest absolute Gasteiger partial charge is 0.381 e. The Hall–Kier alpha value is 0.210. The van der Waals surface area contributed by atoms with Crippen molar-refractivity contribution >= 4 is 12.4 Å². The average Bonchev–Trinajstić information content (AvgIpc) is 2.19. The maximum atomic E-state index is 5.64. The first-order valence-corrected chi connectivity index (χ1v) is 5.72. The highest BCUT2D eigenvalue weighted by molar-refractivity contribution is 5.85. The molecule has 1 rings (SSSR count). The normalized spacial score (nSPS) is 21.6. The topological polar surface area (TPSA) is 21.3 Å². The molecule has 1 atom stereocenters. The van der Waals surface area contributed by atoms with E-state index in [-0.39, 0.29) is 12.4 Å². The van der Waals surface area contributed by atoms with E-state index in [2.05, 4.69) is 12.2 Å². The fourth-order valence-electron chi connectivity index (χ4n) is 1.77. The molecular weight excluding hydrogens is 198 g/mol. The highest BCUT2D eigenvalue weighted by Gasteiger charge is 2.12. The molecule has 3 heteroatoms.